The summed E-state index contributed by atoms with van der Waals surface area (Å²) in [5.74, 6) is -0.762. The van der Waals surface area contributed by atoms with Gasteiger partial charge < -0.3 is 15.0 Å². The van der Waals surface area contributed by atoms with Crippen LogP contribution in [0.4, 0.5) is 0 Å². The van der Waals surface area contributed by atoms with Gasteiger partial charge in [0.15, 0.2) is 0 Å². The summed E-state index contributed by atoms with van der Waals surface area (Å²) in [4.78, 5) is 15.8. The lowest BCUT2D eigenvalue weighted by Crippen LogP contribution is -2.48. The SMILES string of the molecule is CNC1(C(=O)O)CCC(n2cnc3ccccc32)C1. The maximum absolute atomic E-state index is 11.4. The highest BCUT2D eigenvalue weighted by atomic mass is 16.4. The van der Waals surface area contributed by atoms with Crippen molar-refractivity contribution in [3.8, 4) is 0 Å². The molecular formula is C14H17N3O2. The van der Waals surface area contributed by atoms with Crippen LogP contribution in [0.3, 0.4) is 0 Å². The van der Waals surface area contributed by atoms with Gasteiger partial charge in [0.25, 0.3) is 0 Å². The van der Waals surface area contributed by atoms with Crippen LogP contribution in [-0.2, 0) is 4.79 Å². The molecule has 2 unspecified atom stereocenters. The molecule has 5 heteroatoms. The molecule has 1 saturated carbocycles. The van der Waals surface area contributed by atoms with Crippen molar-refractivity contribution in [1.29, 1.82) is 0 Å². The van der Waals surface area contributed by atoms with Crippen molar-refractivity contribution in [1.82, 2.24) is 14.9 Å². The molecule has 1 heterocycles. The van der Waals surface area contributed by atoms with Crippen molar-refractivity contribution >= 4 is 17.0 Å². The van der Waals surface area contributed by atoms with Crippen LogP contribution < -0.4 is 5.32 Å². The molecule has 1 aliphatic rings. The van der Waals surface area contributed by atoms with Gasteiger partial charge in [-0.15, -0.1) is 0 Å². The highest BCUT2D eigenvalue weighted by molar-refractivity contribution is 5.79. The minimum Gasteiger partial charge on any atom is -0.480 e. The van der Waals surface area contributed by atoms with Gasteiger partial charge in [-0.1, -0.05) is 12.1 Å². The topological polar surface area (TPSA) is 67.2 Å². The van der Waals surface area contributed by atoms with Crippen LogP contribution in [0.2, 0.25) is 0 Å². The first-order valence-corrected chi connectivity index (χ1v) is 6.50. The van der Waals surface area contributed by atoms with E-state index in [1.165, 1.54) is 0 Å². The van der Waals surface area contributed by atoms with Crippen molar-refractivity contribution in [3.05, 3.63) is 30.6 Å². The van der Waals surface area contributed by atoms with Crippen LogP contribution in [-0.4, -0.2) is 33.2 Å². The summed E-state index contributed by atoms with van der Waals surface area (Å²) in [6, 6.07) is 8.14. The lowest BCUT2D eigenvalue weighted by atomic mass is 9.98. The Bertz CT molecular complexity index is 622. The lowest BCUT2D eigenvalue weighted by molar-refractivity contribution is -0.144. The van der Waals surface area contributed by atoms with E-state index in [1.54, 1.807) is 7.05 Å². The number of hydrogen-bond donors (Lipinski definition) is 2. The average Bonchev–Trinajstić information content (AvgIpc) is 3.03. The Hall–Kier alpha value is -1.88. The van der Waals surface area contributed by atoms with Gasteiger partial charge in [-0.25, -0.2) is 4.98 Å². The lowest BCUT2D eigenvalue weighted by Gasteiger charge is -2.23. The third-order valence-electron chi connectivity index (χ3n) is 4.25. The van der Waals surface area contributed by atoms with Crippen LogP contribution in [0, 0.1) is 0 Å². The van der Waals surface area contributed by atoms with Crippen LogP contribution >= 0.6 is 0 Å². The summed E-state index contributed by atoms with van der Waals surface area (Å²) in [5, 5.41) is 12.4. The van der Waals surface area contributed by atoms with E-state index in [-0.39, 0.29) is 6.04 Å². The minimum absolute atomic E-state index is 0.191. The molecule has 0 bridgehead atoms. The fraction of sp³-hybridized carbons (Fsp3) is 0.429. The molecule has 3 rings (SSSR count). The predicted molar refractivity (Wildman–Crippen MR) is 72.0 cm³/mol. The monoisotopic (exact) mass is 259 g/mol. The van der Waals surface area contributed by atoms with Crippen molar-refractivity contribution in [2.24, 2.45) is 0 Å². The van der Waals surface area contributed by atoms with E-state index in [4.69, 9.17) is 0 Å². The van der Waals surface area contributed by atoms with Gasteiger partial charge in [0.1, 0.15) is 5.54 Å². The zero-order chi connectivity index (χ0) is 13.5. The van der Waals surface area contributed by atoms with Gasteiger partial charge in [0.2, 0.25) is 0 Å². The van der Waals surface area contributed by atoms with E-state index in [9.17, 15) is 9.90 Å². The fourth-order valence-corrected chi connectivity index (χ4v) is 3.05. The number of aliphatic carboxylic acids is 1. The highest BCUT2D eigenvalue weighted by Gasteiger charge is 2.45. The van der Waals surface area contributed by atoms with Crippen molar-refractivity contribution in [3.63, 3.8) is 0 Å². The number of imidazole rings is 1. The number of aromatic nitrogens is 2. The van der Waals surface area contributed by atoms with Crippen LogP contribution in [0.5, 0.6) is 0 Å². The molecule has 1 aliphatic carbocycles. The van der Waals surface area contributed by atoms with Crippen molar-refractivity contribution in [2.45, 2.75) is 30.8 Å². The Morgan fingerprint density at radius 1 is 1.53 bits per heavy atom. The molecule has 0 radical (unpaired) electrons. The summed E-state index contributed by atoms with van der Waals surface area (Å²) in [6.45, 7) is 0. The van der Waals surface area contributed by atoms with Crippen molar-refractivity contribution in [2.75, 3.05) is 7.05 Å². The number of likely N-dealkylation sites (N-methyl/N-ethyl adjacent to an activating group) is 1. The van der Waals surface area contributed by atoms with Gasteiger partial charge >= 0.3 is 5.97 Å². The Labute approximate surface area is 111 Å². The normalized spacial score (nSPS) is 26.9. The maximum Gasteiger partial charge on any atom is 0.323 e. The molecule has 2 aromatic rings. The third kappa shape index (κ3) is 1.81. The second-order valence-electron chi connectivity index (χ2n) is 5.17. The van der Waals surface area contributed by atoms with E-state index in [0.717, 1.165) is 17.5 Å². The molecule has 5 nitrogen and oxygen atoms in total. The molecule has 1 fully saturated rings. The molecule has 2 atom stereocenters. The summed E-state index contributed by atoms with van der Waals surface area (Å²) >= 11 is 0. The smallest absolute Gasteiger partial charge is 0.323 e. The van der Waals surface area contributed by atoms with Gasteiger partial charge in [-0.2, -0.15) is 0 Å². The third-order valence-corrected chi connectivity index (χ3v) is 4.25. The number of benzene rings is 1. The molecule has 0 aliphatic heterocycles. The molecule has 1 aromatic heterocycles. The van der Waals surface area contributed by atoms with Gasteiger partial charge in [-0.05, 0) is 38.4 Å². The van der Waals surface area contributed by atoms with Crippen molar-refractivity contribution < 1.29 is 9.90 Å². The van der Waals surface area contributed by atoms with Crippen LogP contribution in [0.1, 0.15) is 25.3 Å². The Morgan fingerprint density at radius 2 is 2.32 bits per heavy atom. The predicted octanol–water partition coefficient (Wildman–Crippen LogP) is 1.80. The van der Waals surface area contributed by atoms with E-state index < -0.39 is 11.5 Å². The zero-order valence-corrected chi connectivity index (χ0v) is 10.8. The number of rotatable bonds is 3. The van der Waals surface area contributed by atoms with E-state index in [2.05, 4.69) is 14.9 Å². The number of carbonyl (C=O) groups is 1. The number of fused-ring (bicyclic) bond motifs is 1. The van der Waals surface area contributed by atoms with Crippen LogP contribution in [0.25, 0.3) is 11.0 Å². The number of carboxylic acids is 1. The molecule has 0 amide bonds. The first-order valence-electron chi connectivity index (χ1n) is 6.50. The van der Waals surface area contributed by atoms with Gasteiger partial charge in [0, 0.05) is 6.04 Å². The minimum atomic E-state index is -0.796. The number of para-hydroxylation sites is 2. The number of nitrogens with zero attached hydrogens (tertiary/aromatic N) is 2. The van der Waals surface area contributed by atoms with Gasteiger partial charge in [0.05, 0.1) is 17.4 Å². The first kappa shape index (κ1) is 12.2. The maximum atomic E-state index is 11.4. The molecule has 100 valence electrons. The first-order chi connectivity index (χ1) is 9.16. The second kappa shape index (κ2) is 4.35. The van der Waals surface area contributed by atoms with E-state index >= 15 is 0 Å². The molecule has 19 heavy (non-hydrogen) atoms. The van der Waals surface area contributed by atoms with Crippen LogP contribution in [0.15, 0.2) is 30.6 Å². The standard InChI is InChI=1S/C14H17N3O2/c1-15-14(13(18)19)7-6-10(8-14)17-9-16-11-4-2-3-5-12(11)17/h2-5,9-10,15H,6-8H2,1H3,(H,18,19). The summed E-state index contributed by atoms with van der Waals surface area (Å²) in [6.07, 6.45) is 3.92. The molecule has 0 saturated heterocycles. The molecule has 0 spiro atoms. The molecular weight excluding hydrogens is 242 g/mol. The Balaban J connectivity index is 1.95. The Morgan fingerprint density at radius 3 is 3.00 bits per heavy atom. The number of hydrogen-bond acceptors (Lipinski definition) is 3. The summed E-state index contributed by atoms with van der Waals surface area (Å²) in [5.41, 5.74) is 1.24. The van der Waals surface area contributed by atoms with Gasteiger partial charge in [-0.3, -0.25) is 4.79 Å². The zero-order valence-electron chi connectivity index (χ0n) is 10.8. The molecule has 1 aromatic carbocycles. The second-order valence-corrected chi connectivity index (χ2v) is 5.17. The summed E-state index contributed by atoms with van der Waals surface area (Å²) in [7, 11) is 1.72. The fourth-order valence-electron chi connectivity index (χ4n) is 3.05. The van der Waals surface area contributed by atoms with E-state index in [0.29, 0.717) is 12.8 Å². The quantitative estimate of drug-likeness (QED) is 0.882. The number of carboxylic acid groups (broad SMARTS) is 1. The average molecular weight is 259 g/mol. The highest BCUT2D eigenvalue weighted by Crippen LogP contribution is 2.39. The summed E-state index contributed by atoms with van der Waals surface area (Å²) < 4.78 is 2.11. The number of nitrogens with one attached hydrogen (secondary N) is 1. The largest absolute Gasteiger partial charge is 0.480 e. The Kier molecular flexibility index (Phi) is 2.78. The molecule has 2 N–H and O–H groups in total. The van der Waals surface area contributed by atoms with E-state index in [1.807, 2.05) is 30.6 Å².